The molecule has 1 N–H and O–H groups in total. The summed E-state index contributed by atoms with van der Waals surface area (Å²) in [7, 11) is 0. The summed E-state index contributed by atoms with van der Waals surface area (Å²) >= 11 is 0. The Kier molecular flexibility index (Phi) is 5.12. The summed E-state index contributed by atoms with van der Waals surface area (Å²) in [6, 6.07) is 24.1. The standard InChI is InChI=1S/C24H19NO4/c1-16-7-9-18(10-8-16)22(25-27)15-28-19-11-12-20-21(17-5-3-2-4-6-17)14-24(26)29-23(20)13-19/h2-14,27H,15H2,1H3. The van der Waals surface area contributed by atoms with E-state index < -0.39 is 5.63 Å². The van der Waals surface area contributed by atoms with Crippen LogP contribution >= 0.6 is 0 Å². The van der Waals surface area contributed by atoms with E-state index in [-0.39, 0.29) is 6.61 Å². The molecule has 1 heterocycles. The van der Waals surface area contributed by atoms with Gasteiger partial charge in [-0.25, -0.2) is 4.79 Å². The molecule has 4 rings (SSSR count). The van der Waals surface area contributed by atoms with Gasteiger partial charge in [-0.05, 0) is 30.2 Å². The molecule has 5 heteroatoms. The van der Waals surface area contributed by atoms with Crippen molar-refractivity contribution in [3.63, 3.8) is 0 Å². The maximum absolute atomic E-state index is 12.1. The molecule has 0 saturated heterocycles. The first-order valence-electron chi connectivity index (χ1n) is 9.18. The topological polar surface area (TPSA) is 72.0 Å². The van der Waals surface area contributed by atoms with Gasteiger partial charge in [0.2, 0.25) is 0 Å². The normalized spacial score (nSPS) is 11.6. The minimum atomic E-state index is -0.425. The second-order valence-electron chi connectivity index (χ2n) is 6.70. The van der Waals surface area contributed by atoms with Crippen LogP contribution < -0.4 is 10.4 Å². The zero-order chi connectivity index (χ0) is 20.2. The van der Waals surface area contributed by atoms with Crippen molar-refractivity contribution in [2.75, 3.05) is 6.61 Å². The molecule has 0 amide bonds. The monoisotopic (exact) mass is 385 g/mol. The van der Waals surface area contributed by atoms with Crippen molar-refractivity contribution in [2.24, 2.45) is 5.16 Å². The summed E-state index contributed by atoms with van der Waals surface area (Å²) in [6.45, 7) is 2.07. The quantitative estimate of drug-likeness (QED) is 0.226. The molecule has 0 spiro atoms. The Bertz CT molecular complexity index is 1230. The van der Waals surface area contributed by atoms with Gasteiger partial charge in [-0.2, -0.15) is 0 Å². The lowest BCUT2D eigenvalue weighted by Gasteiger charge is -2.10. The van der Waals surface area contributed by atoms with E-state index in [1.807, 2.05) is 67.6 Å². The molecule has 0 unspecified atom stereocenters. The van der Waals surface area contributed by atoms with E-state index in [0.717, 1.165) is 27.6 Å². The first-order chi connectivity index (χ1) is 14.1. The molecule has 3 aromatic carbocycles. The largest absolute Gasteiger partial charge is 0.487 e. The van der Waals surface area contributed by atoms with E-state index in [1.54, 1.807) is 12.1 Å². The van der Waals surface area contributed by atoms with Crippen molar-refractivity contribution in [2.45, 2.75) is 6.92 Å². The number of ether oxygens (including phenoxy) is 1. The van der Waals surface area contributed by atoms with Crippen molar-refractivity contribution in [3.05, 3.63) is 100 Å². The van der Waals surface area contributed by atoms with Crippen molar-refractivity contribution < 1.29 is 14.4 Å². The highest BCUT2D eigenvalue weighted by atomic mass is 16.5. The minimum Gasteiger partial charge on any atom is -0.487 e. The number of benzene rings is 3. The highest BCUT2D eigenvalue weighted by molar-refractivity contribution is 6.01. The molecule has 0 radical (unpaired) electrons. The van der Waals surface area contributed by atoms with Gasteiger partial charge < -0.3 is 14.4 Å². The van der Waals surface area contributed by atoms with Gasteiger partial charge in [-0.1, -0.05) is 65.3 Å². The van der Waals surface area contributed by atoms with Crippen molar-refractivity contribution in [1.82, 2.24) is 0 Å². The summed E-state index contributed by atoms with van der Waals surface area (Å²) in [5, 5.41) is 13.5. The summed E-state index contributed by atoms with van der Waals surface area (Å²) in [5.41, 5.74) is 4.05. The maximum Gasteiger partial charge on any atom is 0.336 e. The molecule has 29 heavy (non-hydrogen) atoms. The molecule has 0 fully saturated rings. The van der Waals surface area contributed by atoms with Gasteiger partial charge >= 0.3 is 5.63 Å². The van der Waals surface area contributed by atoms with Gasteiger partial charge in [0.15, 0.2) is 0 Å². The zero-order valence-corrected chi connectivity index (χ0v) is 15.8. The highest BCUT2D eigenvalue weighted by Crippen LogP contribution is 2.29. The third-order valence-electron chi connectivity index (χ3n) is 4.68. The van der Waals surface area contributed by atoms with Crippen LogP contribution in [-0.2, 0) is 0 Å². The SMILES string of the molecule is Cc1ccc(C(COc2ccc3c(-c4ccccc4)cc(=O)oc3c2)=NO)cc1. The van der Waals surface area contributed by atoms with Crippen molar-refractivity contribution >= 4 is 16.7 Å². The van der Waals surface area contributed by atoms with Gasteiger partial charge in [-0.15, -0.1) is 0 Å². The smallest absolute Gasteiger partial charge is 0.336 e. The number of aryl methyl sites for hydroxylation is 1. The first kappa shape index (κ1) is 18.5. The molecule has 5 nitrogen and oxygen atoms in total. The summed E-state index contributed by atoms with van der Waals surface area (Å²) in [5.74, 6) is 0.513. The fourth-order valence-corrected chi connectivity index (χ4v) is 3.16. The van der Waals surface area contributed by atoms with Crippen molar-refractivity contribution in [3.8, 4) is 16.9 Å². The number of fused-ring (bicyclic) bond motifs is 1. The van der Waals surface area contributed by atoms with Gasteiger partial charge in [-0.3, -0.25) is 0 Å². The van der Waals surface area contributed by atoms with Crippen LogP contribution in [0.5, 0.6) is 5.75 Å². The summed E-state index contributed by atoms with van der Waals surface area (Å²) in [6.07, 6.45) is 0. The van der Waals surface area contributed by atoms with Crippen molar-refractivity contribution in [1.29, 1.82) is 0 Å². The van der Waals surface area contributed by atoms with E-state index in [1.165, 1.54) is 6.07 Å². The fraction of sp³-hybridized carbons (Fsp3) is 0.0833. The van der Waals surface area contributed by atoms with Crippen LogP contribution in [0, 0.1) is 6.92 Å². The van der Waals surface area contributed by atoms with Crippen LogP contribution in [0.2, 0.25) is 0 Å². The molecule has 0 aliphatic heterocycles. The van der Waals surface area contributed by atoms with E-state index in [2.05, 4.69) is 5.16 Å². The molecular formula is C24H19NO4. The number of oxime groups is 1. The molecule has 0 bridgehead atoms. The molecular weight excluding hydrogens is 366 g/mol. The van der Waals surface area contributed by atoms with E-state index in [0.29, 0.717) is 17.0 Å². The lowest BCUT2D eigenvalue weighted by molar-refractivity contribution is 0.308. The second-order valence-corrected chi connectivity index (χ2v) is 6.70. The molecule has 0 atom stereocenters. The fourth-order valence-electron chi connectivity index (χ4n) is 3.16. The Balaban J connectivity index is 1.62. The van der Waals surface area contributed by atoms with E-state index >= 15 is 0 Å². The van der Waals surface area contributed by atoms with Gasteiger partial charge in [0.05, 0.1) is 0 Å². The average Bonchev–Trinajstić information content (AvgIpc) is 2.75. The van der Waals surface area contributed by atoms with E-state index in [9.17, 15) is 10.0 Å². The molecule has 0 aliphatic carbocycles. The number of hydrogen-bond donors (Lipinski definition) is 1. The Morgan fingerprint density at radius 1 is 1.00 bits per heavy atom. The molecule has 144 valence electrons. The predicted molar refractivity (Wildman–Crippen MR) is 113 cm³/mol. The third-order valence-corrected chi connectivity index (χ3v) is 4.68. The molecule has 1 aromatic heterocycles. The van der Waals surface area contributed by atoms with E-state index in [4.69, 9.17) is 9.15 Å². The Hall–Kier alpha value is -3.86. The predicted octanol–water partition coefficient (Wildman–Crippen LogP) is 5.03. The number of rotatable bonds is 5. The van der Waals surface area contributed by atoms with Gasteiger partial charge in [0.1, 0.15) is 23.7 Å². The van der Waals surface area contributed by atoms with Crippen LogP contribution in [0.3, 0.4) is 0 Å². The Morgan fingerprint density at radius 3 is 2.48 bits per heavy atom. The summed E-state index contributed by atoms with van der Waals surface area (Å²) < 4.78 is 11.2. The lowest BCUT2D eigenvalue weighted by Crippen LogP contribution is -2.13. The van der Waals surface area contributed by atoms with Crippen LogP contribution in [0.15, 0.2) is 93.2 Å². The Morgan fingerprint density at radius 2 is 1.76 bits per heavy atom. The summed E-state index contributed by atoms with van der Waals surface area (Å²) in [4.78, 5) is 12.1. The molecule has 0 aliphatic rings. The zero-order valence-electron chi connectivity index (χ0n) is 15.8. The third kappa shape index (κ3) is 4.04. The first-order valence-corrected chi connectivity index (χ1v) is 9.18. The maximum atomic E-state index is 12.1. The lowest BCUT2D eigenvalue weighted by atomic mass is 10.0. The number of nitrogens with zero attached hydrogens (tertiary/aromatic N) is 1. The Labute approximate surface area is 167 Å². The number of hydrogen-bond acceptors (Lipinski definition) is 5. The second kappa shape index (κ2) is 8.02. The van der Waals surface area contributed by atoms with Gasteiger partial charge in [0.25, 0.3) is 0 Å². The minimum absolute atomic E-state index is 0.0771. The van der Waals surface area contributed by atoms with Gasteiger partial charge in [0, 0.05) is 23.1 Å². The molecule has 4 aromatic rings. The van der Waals surface area contributed by atoms with Crippen LogP contribution in [0.1, 0.15) is 11.1 Å². The molecule has 0 saturated carbocycles. The average molecular weight is 385 g/mol. The van der Waals surface area contributed by atoms with Crippen LogP contribution in [0.4, 0.5) is 0 Å². The highest BCUT2D eigenvalue weighted by Gasteiger charge is 2.10. The van der Waals surface area contributed by atoms with Crippen LogP contribution in [-0.4, -0.2) is 17.5 Å². The van der Waals surface area contributed by atoms with Crippen LogP contribution in [0.25, 0.3) is 22.1 Å².